The van der Waals surface area contributed by atoms with Crippen LogP contribution in [0.25, 0.3) is 0 Å². The Morgan fingerprint density at radius 1 is 0.769 bits per heavy atom. The molecular weight excluding hydrogens is 347 g/mol. The summed E-state index contributed by atoms with van der Waals surface area (Å²) in [5, 5.41) is 2.74. The Morgan fingerprint density at radius 3 is 1.73 bits per heavy atom. The fraction of sp³-hybridized carbons (Fsp3) is 0.0952. The Kier molecular flexibility index (Phi) is 5.24. The summed E-state index contributed by atoms with van der Waals surface area (Å²) in [6.07, 6.45) is 5.18. The summed E-state index contributed by atoms with van der Waals surface area (Å²) in [4.78, 5) is 25.4. The highest BCUT2D eigenvalue weighted by Gasteiger charge is 2.38. The van der Waals surface area contributed by atoms with Gasteiger partial charge in [0.2, 0.25) is 0 Å². The molecule has 0 atom stereocenters. The van der Waals surface area contributed by atoms with Crippen molar-refractivity contribution in [2.75, 3.05) is 14.2 Å². The van der Waals surface area contributed by atoms with E-state index < -0.39 is 18.8 Å². The molecule has 0 bridgehead atoms. The molecule has 0 saturated carbocycles. The van der Waals surface area contributed by atoms with Crippen molar-refractivity contribution in [3.8, 4) is 0 Å². The highest BCUT2D eigenvalue weighted by atomic mass is 31.2. The Morgan fingerprint density at radius 2 is 1.27 bits per heavy atom. The van der Waals surface area contributed by atoms with Gasteiger partial charge in [-0.05, 0) is 29.6 Å². The van der Waals surface area contributed by atoms with Crippen LogP contribution in [0, 0.1) is 0 Å². The Bertz CT molecular complexity index is 897. The van der Waals surface area contributed by atoms with Crippen molar-refractivity contribution in [1.82, 2.24) is 0 Å². The smallest absolute Gasteiger partial charge is 0.338 e. The van der Waals surface area contributed by atoms with Gasteiger partial charge in [0.05, 0.1) is 24.8 Å². The average Bonchev–Trinajstić information content (AvgIpc) is 2.73. The summed E-state index contributed by atoms with van der Waals surface area (Å²) in [5.41, 5.74) is 0. The second-order valence-electron chi connectivity index (χ2n) is 5.62. The molecular formula is C21H19O4P. The number of benzene rings is 2. The first-order valence-electron chi connectivity index (χ1n) is 8.09. The molecule has 0 N–H and O–H groups in total. The molecule has 26 heavy (non-hydrogen) atoms. The minimum Gasteiger partial charge on any atom is -0.465 e. The minimum atomic E-state index is -2.72. The Labute approximate surface area is 152 Å². The van der Waals surface area contributed by atoms with Crippen LogP contribution in [0.2, 0.25) is 0 Å². The molecule has 0 saturated heterocycles. The third kappa shape index (κ3) is 2.83. The Balaban J connectivity index is 2.54. The van der Waals surface area contributed by atoms with E-state index in [9.17, 15) is 9.59 Å². The van der Waals surface area contributed by atoms with Crippen LogP contribution in [-0.2, 0) is 19.1 Å². The van der Waals surface area contributed by atoms with Crippen LogP contribution in [0.15, 0.2) is 84.2 Å². The molecule has 5 heteroatoms. The first-order chi connectivity index (χ1) is 12.7. The lowest BCUT2D eigenvalue weighted by Crippen LogP contribution is -2.31. The molecule has 1 aliphatic heterocycles. The molecule has 2 aromatic carbocycles. The van der Waals surface area contributed by atoms with Crippen LogP contribution in [0.1, 0.15) is 0 Å². The predicted octanol–water partition coefficient (Wildman–Crippen LogP) is 2.63. The topological polar surface area (TPSA) is 52.6 Å². The first-order valence-corrected chi connectivity index (χ1v) is 9.88. The molecule has 132 valence electrons. The van der Waals surface area contributed by atoms with Gasteiger partial charge in [0.15, 0.2) is 0 Å². The van der Waals surface area contributed by atoms with E-state index >= 15 is 0 Å². The number of hydrogen-bond acceptors (Lipinski definition) is 4. The lowest BCUT2D eigenvalue weighted by atomic mass is 10.3. The maximum atomic E-state index is 12.7. The zero-order valence-electron chi connectivity index (χ0n) is 14.6. The van der Waals surface area contributed by atoms with Gasteiger partial charge in [-0.15, -0.1) is 0 Å². The van der Waals surface area contributed by atoms with E-state index in [1.54, 1.807) is 18.2 Å². The molecule has 0 unspecified atom stereocenters. The SMILES string of the molecule is COC(=O)C1=CC=CC(C(=O)OC)=P1(c1ccccc1)c1ccccc1. The number of hydrogen-bond donors (Lipinski definition) is 0. The number of allylic oxidation sites excluding steroid dienone is 2. The summed E-state index contributed by atoms with van der Waals surface area (Å²) in [6.45, 7) is -2.72. The van der Waals surface area contributed by atoms with Crippen molar-refractivity contribution in [2.24, 2.45) is 0 Å². The van der Waals surface area contributed by atoms with Crippen molar-refractivity contribution < 1.29 is 19.1 Å². The van der Waals surface area contributed by atoms with Gasteiger partial charge in [0.1, 0.15) is 0 Å². The summed E-state index contributed by atoms with van der Waals surface area (Å²) in [5.74, 6) is -0.895. The zero-order chi connectivity index (χ0) is 18.6. The fourth-order valence-corrected chi connectivity index (χ4v) is 7.47. The van der Waals surface area contributed by atoms with Crippen LogP contribution in [-0.4, -0.2) is 31.5 Å². The van der Waals surface area contributed by atoms with Crippen LogP contribution >= 0.6 is 6.89 Å². The van der Waals surface area contributed by atoms with E-state index in [1.165, 1.54) is 14.2 Å². The number of esters is 2. The lowest BCUT2D eigenvalue weighted by Gasteiger charge is -2.32. The van der Waals surface area contributed by atoms with Gasteiger partial charge in [-0.2, -0.15) is 0 Å². The van der Waals surface area contributed by atoms with Gasteiger partial charge < -0.3 is 9.47 Å². The molecule has 3 rings (SSSR count). The molecule has 1 aliphatic rings. The number of carbonyl (C=O) groups is 2. The van der Waals surface area contributed by atoms with Gasteiger partial charge >= 0.3 is 11.9 Å². The van der Waals surface area contributed by atoms with Crippen LogP contribution in [0.5, 0.6) is 0 Å². The number of methoxy groups -OCH3 is 2. The van der Waals surface area contributed by atoms with Gasteiger partial charge in [-0.1, -0.05) is 66.7 Å². The summed E-state index contributed by atoms with van der Waals surface area (Å²) in [7, 11) is 2.70. The molecule has 0 spiro atoms. The normalized spacial score (nSPS) is 15.2. The maximum absolute atomic E-state index is 12.7. The molecule has 2 aromatic rings. The van der Waals surface area contributed by atoms with E-state index in [-0.39, 0.29) is 0 Å². The van der Waals surface area contributed by atoms with Crippen molar-refractivity contribution >= 4 is 34.7 Å². The van der Waals surface area contributed by atoms with E-state index in [1.807, 2.05) is 60.7 Å². The maximum Gasteiger partial charge on any atom is 0.338 e. The molecule has 0 aromatic heterocycles. The highest BCUT2D eigenvalue weighted by Crippen LogP contribution is 2.56. The van der Waals surface area contributed by atoms with E-state index in [0.717, 1.165) is 10.6 Å². The van der Waals surface area contributed by atoms with Crippen molar-refractivity contribution in [2.45, 2.75) is 0 Å². The lowest BCUT2D eigenvalue weighted by molar-refractivity contribution is -0.135. The van der Waals surface area contributed by atoms with Crippen LogP contribution in [0.4, 0.5) is 0 Å². The van der Waals surface area contributed by atoms with E-state index in [4.69, 9.17) is 9.47 Å². The monoisotopic (exact) mass is 366 g/mol. The largest absolute Gasteiger partial charge is 0.465 e. The number of carbonyl (C=O) groups excluding carboxylic acids is 2. The van der Waals surface area contributed by atoms with Crippen LogP contribution < -0.4 is 10.6 Å². The molecule has 0 aliphatic carbocycles. The predicted molar refractivity (Wildman–Crippen MR) is 105 cm³/mol. The quantitative estimate of drug-likeness (QED) is 0.617. The van der Waals surface area contributed by atoms with Gasteiger partial charge in [-0.25, -0.2) is 9.59 Å². The standard InChI is InChI=1S/C21H19O4P/c1-24-20(22)18-14-9-15-19(21(23)25-2)26(18,16-10-5-3-6-11-16)17-12-7-4-8-13-17/h3-15H,1-2H3. The highest BCUT2D eigenvalue weighted by molar-refractivity contribution is 7.95. The van der Waals surface area contributed by atoms with Crippen molar-refractivity contribution in [3.63, 3.8) is 0 Å². The second kappa shape index (κ2) is 7.59. The molecule has 0 amide bonds. The van der Waals surface area contributed by atoms with Gasteiger partial charge in [-0.3, -0.25) is 0 Å². The minimum absolute atomic E-state index is 0.447. The summed E-state index contributed by atoms with van der Waals surface area (Å²) < 4.78 is 10.1. The molecule has 1 heterocycles. The van der Waals surface area contributed by atoms with Crippen molar-refractivity contribution in [3.05, 3.63) is 84.2 Å². The number of rotatable bonds is 4. The third-order valence-electron chi connectivity index (χ3n) is 4.31. The fourth-order valence-electron chi connectivity index (χ4n) is 3.21. The molecule has 0 fully saturated rings. The summed E-state index contributed by atoms with van der Waals surface area (Å²) >= 11 is 0. The first kappa shape index (κ1) is 18.0. The van der Waals surface area contributed by atoms with Gasteiger partial charge in [0.25, 0.3) is 0 Å². The average molecular weight is 366 g/mol. The third-order valence-corrected chi connectivity index (χ3v) is 8.56. The molecule has 4 nitrogen and oxygen atoms in total. The van der Waals surface area contributed by atoms with Crippen LogP contribution in [0.3, 0.4) is 0 Å². The Hall–Kier alpha value is -2.84. The number of ether oxygens (including phenoxy) is 2. The van der Waals surface area contributed by atoms with E-state index in [0.29, 0.717) is 10.6 Å². The van der Waals surface area contributed by atoms with E-state index in [2.05, 4.69) is 0 Å². The zero-order valence-corrected chi connectivity index (χ0v) is 15.5. The van der Waals surface area contributed by atoms with Crippen molar-refractivity contribution in [1.29, 1.82) is 0 Å². The molecule has 0 radical (unpaired) electrons. The second-order valence-corrected chi connectivity index (χ2v) is 8.96. The van der Waals surface area contributed by atoms with Gasteiger partial charge in [0, 0.05) is 0 Å². The summed E-state index contributed by atoms with van der Waals surface area (Å²) in [6, 6.07) is 19.2.